The summed E-state index contributed by atoms with van der Waals surface area (Å²) in [5.41, 5.74) is 3.92. The van der Waals surface area contributed by atoms with Crippen LogP contribution in [0.15, 0.2) is 49.8 Å². The Morgan fingerprint density at radius 2 is 1.95 bits per heavy atom. The van der Waals surface area contributed by atoms with Gasteiger partial charge < -0.3 is 9.73 Å². The molecule has 1 aromatic heterocycles. The van der Waals surface area contributed by atoms with E-state index in [4.69, 9.17) is 4.42 Å². The summed E-state index contributed by atoms with van der Waals surface area (Å²) in [5.74, 6) is 0.686. The van der Waals surface area contributed by atoms with Gasteiger partial charge in [0.15, 0.2) is 11.5 Å². The fraction of sp³-hybridized carbons (Fsp3) is 0.188. The number of benzene rings is 2. The molecule has 2 aromatic carbocycles. The summed E-state index contributed by atoms with van der Waals surface area (Å²) in [6.45, 7) is 3.99. The Hall–Kier alpha value is -1.33. The van der Waals surface area contributed by atoms with Crippen LogP contribution in [0.4, 0.5) is 5.69 Å². The molecule has 5 heteroatoms. The zero-order valence-corrected chi connectivity index (χ0v) is 14.8. The Labute approximate surface area is 140 Å². The molecule has 0 bridgehead atoms. The number of rotatable bonds is 3. The van der Waals surface area contributed by atoms with Crippen molar-refractivity contribution in [3.8, 4) is 0 Å². The van der Waals surface area contributed by atoms with Gasteiger partial charge >= 0.3 is 0 Å². The SMILES string of the molecule is Cc1nc2cc(NC(C)c3ccc(Br)cc3Br)ccc2o1. The highest BCUT2D eigenvalue weighted by atomic mass is 79.9. The lowest BCUT2D eigenvalue weighted by atomic mass is 10.1. The van der Waals surface area contributed by atoms with Crippen molar-refractivity contribution in [3.05, 3.63) is 56.8 Å². The highest BCUT2D eigenvalue weighted by Gasteiger charge is 2.11. The summed E-state index contributed by atoms with van der Waals surface area (Å²) < 4.78 is 7.63. The predicted octanol–water partition coefficient (Wildman–Crippen LogP) is 5.83. The van der Waals surface area contributed by atoms with Crippen LogP contribution >= 0.6 is 31.9 Å². The molecule has 1 atom stereocenters. The first-order chi connectivity index (χ1) is 10.0. The van der Waals surface area contributed by atoms with Crippen LogP contribution in [-0.4, -0.2) is 4.98 Å². The van der Waals surface area contributed by atoms with Gasteiger partial charge in [0, 0.05) is 27.6 Å². The van der Waals surface area contributed by atoms with Gasteiger partial charge in [-0.25, -0.2) is 4.98 Å². The fourth-order valence-corrected chi connectivity index (χ4v) is 3.70. The van der Waals surface area contributed by atoms with Crippen LogP contribution in [0.25, 0.3) is 11.1 Å². The van der Waals surface area contributed by atoms with Gasteiger partial charge in [-0.15, -0.1) is 0 Å². The van der Waals surface area contributed by atoms with Gasteiger partial charge in [0.25, 0.3) is 0 Å². The molecule has 3 rings (SSSR count). The van der Waals surface area contributed by atoms with Crippen LogP contribution in [0.2, 0.25) is 0 Å². The number of aryl methyl sites for hydroxylation is 1. The molecule has 0 radical (unpaired) electrons. The highest BCUT2D eigenvalue weighted by molar-refractivity contribution is 9.11. The summed E-state index contributed by atoms with van der Waals surface area (Å²) in [5, 5.41) is 3.49. The van der Waals surface area contributed by atoms with Crippen LogP contribution in [-0.2, 0) is 0 Å². The van der Waals surface area contributed by atoms with Crippen LogP contribution in [0, 0.1) is 6.92 Å². The van der Waals surface area contributed by atoms with Gasteiger partial charge in [-0.2, -0.15) is 0 Å². The number of anilines is 1. The van der Waals surface area contributed by atoms with Gasteiger partial charge in [-0.1, -0.05) is 37.9 Å². The second kappa shape index (κ2) is 5.81. The minimum atomic E-state index is 0.179. The van der Waals surface area contributed by atoms with Crippen LogP contribution < -0.4 is 5.32 Å². The van der Waals surface area contributed by atoms with Crippen LogP contribution in [0.5, 0.6) is 0 Å². The number of hydrogen-bond acceptors (Lipinski definition) is 3. The third-order valence-electron chi connectivity index (χ3n) is 3.31. The van der Waals surface area contributed by atoms with Gasteiger partial charge in [-0.3, -0.25) is 0 Å². The third-order valence-corrected chi connectivity index (χ3v) is 4.49. The van der Waals surface area contributed by atoms with Crippen molar-refractivity contribution < 1.29 is 4.42 Å². The Kier molecular flexibility index (Phi) is 4.04. The van der Waals surface area contributed by atoms with Crippen molar-refractivity contribution in [1.29, 1.82) is 0 Å². The zero-order chi connectivity index (χ0) is 15.0. The van der Waals surface area contributed by atoms with E-state index in [1.54, 1.807) is 0 Å². The van der Waals surface area contributed by atoms with Gasteiger partial charge in [-0.05, 0) is 42.8 Å². The molecule has 108 valence electrons. The monoisotopic (exact) mass is 408 g/mol. The molecule has 0 spiro atoms. The Morgan fingerprint density at radius 3 is 2.71 bits per heavy atom. The summed E-state index contributed by atoms with van der Waals surface area (Å²) in [6, 6.07) is 12.3. The third kappa shape index (κ3) is 3.14. The minimum Gasteiger partial charge on any atom is -0.441 e. The van der Waals surface area contributed by atoms with Crippen LogP contribution in [0.3, 0.4) is 0 Å². The van der Waals surface area contributed by atoms with E-state index in [9.17, 15) is 0 Å². The molecule has 1 heterocycles. The molecule has 0 aliphatic heterocycles. The molecule has 0 aliphatic rings. The first-order valence-corrected chi connectivity index (χ1v) is 8.20. The number of aromatic nitrogens is 1. The zero-order valence-electron chi connectivity index (χ0n) is 11.7. The second-order valence-electron chi connectivity index (χ2n) is 4.95. The average Bonchev–Trinajstić information content (AvgIpc) is 2.77. The highest BCUT2D eigenvalue weighted by Crippen LogP contribution is 2.29. The van der Waals surface area contributed by atoms with Crippen LogP contribution in [0.1, 0.15) is 24.4 Å². The Balaban J connectivity index is 1.86. The van der Waals surface area contributed by atoms with E-state index in [1.165, 1.54) is 5.56 Å². The normalized spacial score (nSPS) is 12.6. The van der Waals surface area contributed by atoms with Crippen molar-refractivity contribution >= 4 is 48.6 Å². The molecule has 0 fully saturated rings. The van der Waals surface area contributed by atoms with Crippen molar-refractivity contribution in [2.45, 2.75) is 19.9 Å². The van der Waals surface area contributed by atoms with Gasteiger partial charge in [0.1, 0.15) is 5.52 Å². The van der Waals surface area contributed by atoms with E-state index >= 15 is 0 Å². The molecule has 1 N–H and O–H groups in total. The van der Waals surface area contributed by atoms with E-state index < -0.39 is 0 Å². The molecule has 3 aromatic rings. The number of fused-ring (bicyclic) bond motifs is 1. The quantitative estimate of drug-likeness (QED) is 0.590. The fourth-order valence-electron chi connectivity index (χ4n) is 2.31. The molecular weight excluding hydrogens is 396 g/mol. The molecule has 3 nitrogen and oxygen atoms in total. The summed E-state index contributed by atoms with van der Waals surface area (Å²) in [4.78, 5) is 4.36. The number of nitrogens with one attached hydrogen (secondary N) is 1. The Morgan fingerprint density at radius 1 is 1.14 bits per heavy atom. The maximum Gasteiger partial charge on any atom is 0.192 e. The first kappa shape index (κ1) is 14.6. The van der Waals surface area contributed by atoms with Crippen molar-refractivity contribution in [1.82, 2.24) is 4.98 Å². The van der Waals surface area contributed by atoms with Crippen molar-refractivity contribution in [2.75, 3.05) is 5.32 Å². The van der Waals surface area contributed by atoms with Crippen molar-refractivity contribution in [3.63, 3.8) is 0 Å². The maximum absolute atomic E-state index is 5.49. The molecule has 1 unspecified atom stereocenters. The maximum atomic E-state index is 5.49. The number of hydrogen-bond donors (Lipinski definition) is 1. The standard InChI is InChI=1S/C16H14Br2N2O/c1-9(13-5-3-11(17)7-14(13)18)19-12-4-6-16-15(8-12)20-10(2)21-16/h3-9,19H,1-2H3. The molecule has 0 saturated carbocycles. The van der Waals surface area contributed by atoms with Crippen molar-refractivity contribution in [2.24, 2.45) is 0 Å². The molecule has 0 amide bonds. The number of oxazole rings is 1. The minimum absolute atomic E-state index is 0.179. The van der Waals surface area contributed by atoms with Gasteiger partial charge in [0.05, 0.1) is 0 Å². The van der Waals surface area contributed by atoms with E-state index in [0.717, 1.165) is 25.7 Å². The molecule has 0 aliphatic carbocycles. The number of halogens is 2. The summed E-state index contributed by atoms with van der Waals surface area (Å²) in [7, 11) is 0. The first-order valence-electron chi connectivity index (χ1n) is 6.61. The van der Waals surface area contributed by atoms with E-state index in [1.807, 2.05) is 31.2 Å². The molecule has 0 saturated heterocycles. The topological polar surface area (TPSA) is 38.1 Å². The largest absolute Gasteiger partial charge is 0.441 e. The van der Waals surface area contributed by atoms with E-state index in [-0.39, 0.29) is 6.04 Å². The number of nitrogens with zero attached hydrogens (tertiary/aromatic N) is 1. The Bertz CT molecular complexity index is 798. The summed E-state index contributed by atoms with van der Waals surface area (Å²) in [6.07, 6.45) is 0. The lowest BCUT2D eigenvalue weighted by Crippen LogP contribution is -2.07. The molecular formula is C16H14Br2N2O. The second-order valence-corrected chi connectivity index (χ2v) is 6.72. The smallest absolute Gasteiger partial charge is 0.192 e. The molecule has 21 heavy (non-hydrogen) atoms. The van der Waals surface area contributed by atoms with Gasteiger partial charge in [0.2, 0.25) is 0 Å². The van der Waals surface area contributed by atoms with E-state index in [2.05, 4.69) is 61.2 Å². The predicted molar refractivity (Wildman–Crippen MR) is 92.6 cm³/mol. The lowest BCUT2D eigenvalue weighted by Gasteiger charge is -2.17. The van der Waals surface area contributed by atoms with E-state index in [0.29, 0.717) is 5.89 Å². The lowest BCUT2D eigenvalue weighted by molar-refractivity contribution is 0.561. The summed E-state index contributed by atoms with van der Waals surface area (Å²) >= 11 is 7.08. The average molecular weight is 410 g/mol.